The molecule has 1 aliphatic carbocycles. The van der Waals surface area contributed by atoms with Gasteiger partial charge in [0, 0.05) is 12.6 Å². The van der Waals surface area contributed by atoms with Gasteiger partial charge in [0.05, 0.1) is 5.56 Å². The number of amides is 1. The molecule has 0 aliphatic heterocycles. The molecule has 1 aromatic carbocycles. The molecule has 0 saturated heterocycles. The average Bonchev–Trinajstić information content (AvgIpc) is 3.07. The summed E-state index contributed by atoms with van der Waals surface area (Å²) in [6.45, 7) is 1.08. The molecule has 1 aliphatic rings. The van der Waals surface area contributed by atoms with Crippen molar-refractivity contribution in [3.63, 3.8) is 0 Å². The van der Waals surface area contributed by atoms with Gasteiger partial charge in [0.25, 0.3) is 5.91 Å². The van der Waals surface area contributed by atoms with E-state index in [9.17, 15) is 13.6 Å². The summed E-state index contributed by atoms with van der Waals surface area (Å²) in [5, 5.41) is 2.69. The van der Waals surface area contributed by atoms with Gasteiger partial charge in [0.15, 0.2) is 0 Å². The van der Waals surface area contributed by atoms with Crippen LogP contribution in [0.2, 0.25) is 0 Å². The fourth-order valence-corrected chi connectivity index (χ4v) is 2.03. The lowest BCUT2D eigenvalue weighted by Crippen LogP contribution is -2.31. The molecule has 0 unspecified atom stereocenters. The van der Waals surface area contributed by atoms with Crippen LogP contribution in [0.25, 0.3) is 0 Å². The zero-order valence-electron chi connectivity index (χ0n) is 10.0. The lowest BCUT2D eigenvalue weighted by molar-refractivity contribution is 0.0940. The molecule has 1 saturated carbocycles. The summed E-state index contributed by atoms with van der Waals surface area (Å²) in [5.41, 5.74) is 5.47. The quantitative estimate of drug-likeness (QED) is 0.842. The largest absolute Gasteiger partial charge is 0.351 e. The highest BCUT2D eigenvalue weighted by atomic mass is 19.1. The molecule has 0 radical (unpaired) electrons. The van der Waals surface area contributed by atoms with Crippen LogP contribution in [0.3, 0.4) is 0 Å². The van der Waals surface area contributed by atoms with E-state index in [2.05, 4.69) is 5.32 Å². The van der Waals surface area contributed by atoms with Crippen LogP contribution in [0.5, 0.6) is 0 Å². The van der Waals surface area contributed by atoms with E-state index in [1.54, 1.807) is 0 Å². The Labute approximate surface area is 104 Å². The summed E-state index contributed by atoms with van der Waals surface area (Å²) in [7, 11) is 0. The Morgan fingerprint density at radius 1 is 1.39 bits per heavy atom. The van der Waals surface area contributed by atoms with Crippen molar-refractivity contribution in [2.45, 2.75) is 19.3 Å². The van der Waals surface area contributed by atoms with E-state index in [0.29, 0.717) is 19.2 Å². The van der Waals surface area contributed by atoms with E-state index >= 15 is 0 Å². The molecule has 18 heavy (non-hydrogen) atoms. The number of rotatable bonds is 5. The molecule has 0 aromatic heterocycles. The first-order valence-electron chi connectivity index (χ1n) is 6.00. The van der Waals surface area contributed by atoms with Crippen LogP contribution in [0, 0.1) is 17.0 Å². The molecule has 1 aromatic rings. The summed E-state index contributed by atoms with van der Waals surface area (Å²) < 4.78 is 26.1. The van der Waals surface area contributed by atoms with Gasteiger partial charge in [-0.05, 0) is 43.4 Å². The Morgan fingerprint density at radius 2 is 2.11 bits per heavy atom. The average molecular weight is 254 g/mol. The third-order valence-corrected chi connectivity index (χ3v) is 3.43. The molecule has 1 amide bonds. The number of nitrogens with two attached hydrogens (primary N) is 1. The number of hydrogen-bond donors (Lipinski definition) is 2. The van der Waals surface area contributed by atoms with Gasteiger partial charge in [-0.15, -0.1) is 0 Å². The smallest absolute Gasteiger partial charge is 0.254 e. The zero-order valence-corrected chi connectivity index (χ0v) is 10.0. The van der Waals surface area contributed by atoms with E-state index in [1.165, 1.54) is 0 Å². The van der Waals surface area contributed by atoms with Crippen molar-refractivity contribution in [1.82, 2.24) is 5.32 Å². The second kappa shape index (κ2) is 5.02. The topological polar surface area (TPSA) is 55.1 Å². The molecule has 0 atom stereocenters. The summed E-state index contributed by atoms with van der Waals surface area (Å²) in [4.78, 5) is 11.8. The minimum atomic E-state index is -0.837. The number of carbonyl (C=O) groups excluding carboxylic acids is 1. The maximum Gasteiger partial charge on any atom is 0.254 e. The Morgan fingerprint density at radius 3 is 2.67 bits per heavy atom. The van der Waals surface area contributed by atoms with E-state index in [0.717, 1.165) is 31.4 Å². The normalized spacial score (nSPS) is 16.4. The first-order chi connectivity index (χ1) is 8.56. The maximum absolute atomic E-state index is 13.4. The van der Waals surface area contributed by atoms with Crippen molar-refractivity contribution in [1.29, 1.82) is 0 Å². The number of benzene rings is 1. The monoisotopic (exact) mass is 254 g/mol. The number of nitrogens with one attached hydrogen (secondary N) is 1. The minimum absolute atomic E-state index is 0.0981. The Balaban J connectivity index is 1.96. The molecular weight excluding hydrogens is 238 g/mol. The van der Waals surface area contributed by atoms with Crippen molar-refractivity contribution >= 4 is 5.91 Å². The predicted molar refractivity (Wildman–Crippen MR) is 64.0 cm³/mol. The highest BCUT2D eigenvalue weighted by Crippen LogP contribution is 2.47. The van der Waals surface area contributed by atoms with Crippen LogP contribution in [-0.4, -0.2) is 19.0 Å². The van der Waals surface area contributed by atoms with Crippen molar-refractivity contribution in [3.05, 3.63) is 35.4 Å². The number of hydrogen-bond acceptors (Lipinski definition) is 2. The van der Waals surface area contributed by atoms with E-state index in [-0.39, 0.29) is 11.0 Å². The van der Waals surface area contributed by atoms with Crippen molar-refractivity contribution in [2.75, 3.05) is 13.1 Å². The summed E-state index contributed by atoms with van der Waals surface area (Å²) >= 11 is 0. The van der Waals surface area contributed by atoms with Gasteiger partial charge in [-0.3, -0.25) is 4.79 Å². The first kappa shape index (κ1) is 13.0. The van der Waals surface area contributed by atoms with Crippen LogP contribution in [0.4, 0.5) is 8.78 Å². The van der Waals surface area contributed by atoms with Crippen LogP contribution < -0.4 is 11.1 Å². The zero-order chi connectivity index (χ0) is 13.2. The summed E-state index contributed by atoms with van der Waals surface area (Å²) in [6.07, 6.45) is 2.94. The summed E-state index contributed by atoms with van der Waals surface area (Å²) in [6, 6.07) is 2.94. The van der Waals surface area contributed by atoms with Gasteiger partial charge in [-0.1, -0.05) is 0 Å². The Bertz CT molecular complexity index is 458. The molecular formula is C13H16F2N2O. The molecule has 3 nitrogen and oxygen atoms in total. The second-order valence-corrected chi connectivity index (χ2v) is 4.85. The fraction of sp³-hybridized carbons (Fsp3) is 0.462. The number of halogens is 2. The summed E-state index contributed by atoms with van der Waals surface area (Å²) in [5.74, 6) is -2.03. The van der Waals surface area contributed by atoms with Gasteiger partial charge in [0.2, 0.25) is 0 Å². The third-order valence-electron chi connectivity index (χ3n) is 3.43. The highest BCUT2D eigenvalue weighted by Gasteiger charge is 2.41. The lowest BCUT2D eigenvalue weighted by Gasteiger charge is -2.14. The third kappa shape index (κ3) is 2.85. The Hall–Kier alpha value is -1.49. The lowest BCUT2D eigenvalue weighted by atomic mass is 10.0. The van der Waals surface area contributed by atoms with Gasteiger partial charge >= 0.3 is 0 Å². The van der Waals surface area contributed by atoms with Crippen LogP contribution in [0.15, 0.2) is 18.2 Å². The fourth-order valence-electron chi connectivity index (χ4n) is 2.03. The van der Waals surface area contributed by atoms with E-state index in [4.69, 9.17) is 5.73 Å². The SMILES string of the molecule is NCCC1(CNC(=O)c2ccc(F)cc2F)CC1. The van der Waals surface area contributed by atoms with Crippen LogP contribution in [-0.2, 0) is 0 Å². The van der Waals surface area contributed by atoms with Gasteiger partial charge in [0.1, 0.15) is 11.6 Å². The molecule has 0 bridgehead atoms. The van der Waals surface area contributed by atoms with Crippen LogP contribution in [0.1, 0.15) is 29.6 Å². The van der Waals surface area contributed by atoms with Gasteiger partial charge < -0.3 is 11.1 Å². The van der Waals surface area contributed by atoms with Crippen molar-refractivity contribution in [2.24, 2.45) is 11.1 Å². The molecule has 1 fully saturated rings. The van der Waals surface area contributed by atoms with Crippen LogP contribution >= 0.6 is 0 Å². The molecule has 0 heterocycles. The Kier molecular flexibility index (Phi) is 3.61. The van der Waals surface area contributed by atoms with E-state index < -0.39 is 17.5 Å². The maximum atomic E-state index is 13.4. The minimum Gasteiger partial charge on any atom is -0.351 e. The van der Waals surface area contributed by atoms with Gasteiger partial charge in [-0.25, -0.2) is 8.78 Å². The number of carbonyl (C=O) groups is 1. The van der Waals surface area contributed by atoms with Gasteiger partial charge in [-0.2, -0.15) is 0 Å². The highest BCUT2D eigenvalue weighted by molar-refractivity contribution is 5.94. The predicted octanol–water partition coefficient (Wildman–Crippen LogP) is 1.82. The van der Waals surface area contributed by atoms with Crippen molar-refractivity contribution < 1.29 is 13.6 Å². The molecule has 5 heteroatoms. The molecule has 2 rings (SSSR count). The molecule has 0 spiro atoms. The second-order valence-electron chi connectivity index (χ2n) is 4.85. The standard InChI is InChI=1S/C13H16F2N2O/c14-9-1-2-10(11(15)7-9)12(18)17-8-13(3-4-13)5-6-16/h1-2,7H,3-6,8,16H2,(H,17,18). The van der Waals surface area contributed by atoms with E-state index in [1.807, 2.05) is 0 Å². The molecule has 3 N–H and O–H groups in total. The molecule has 98 valence electrons. The van der Waals surface area contributed by atoms with Crippen molar-refractivity contribution in [3.8, 4) is 0 Å². The first-order valence-corrected chi connectivity index (χ1v) is 6.00.